The quantitative estimate of drug-likeness (QED) is 0.651. The Morgan fingerprint density at radius 1 is 1.11 bits per heavy atom. The molecule has 0 atom stereocenters. The molecule has 2 aromatic rings. The Hall–Kier alpha value is -2.49. The van der Waals surface area contributed by atoms with E-state index in [0.29, 0.717) is 31.9 Å². The summed E-state index contributed by atoms with van der Waals surface area (Å²) in [7, 11) is -3.62. The third-order valence-electron chi connectivity index (χ3n) is 4.06. The van der Waals surface area contributed by atoms with Crippen molar-refractivity contribution in [3.8, 4) is 5.75 Å². The molecule has 0 aliphatic carbocycles. The molecule has 9 heteroatoms. The molecule has 1 fully saturated rings. The number of morpholine rings is 1. The fourth-order valence-electron chi connectivity index (χ4n) is 2.64. The number of sulfonamides is 1. The van der Waals surface area contributed by atoms with Crippen molar-refractivity contribution in [3.63, 3.8) is 0 Å². The normalized spacial score (nSPS) is 15.2. The standard InChI is InChI=1S/C19H20FNO6S/c20-16-4-2-5-17(12-16)26-14-19(22)27-13-15-3-1-6-18(11-15)28(23,24)21-7-9-25-10-8-21/h1-6,11-12H,7-10,13-14H2. The second-order valence-corrected chi connectivity index (χ2v) is 8.01. The van der Waals surface area contributed by atoms with Crippen LogP contribution in [0.25, 0.3) is 0 Å². The lowest BCUT2D eigenvalue weighted by Crippen LogP contribution is -2.40. The Morgan fingerprint density at radius 3 is 2.61 bits per heavy atom. The van der Waals surface area contributed by atoms with E-state index in [4.69, 9.17) is 14.2 Å². The number of carbonyl (C=O) groups is 1. The van der Waals surface area contributed by atoms with Crippen molar-refractivity contribution in [2.45, 2.75) is 11.5 Å². The van der Waals surface area contributed by atoms with E-state index in [-0.39, 0.29) is 23.9 Å². The number of rotatable bonds is 7. The van der Waals surface area contributed by atoms with Crippen LogP contribution in [0.1, 0.15) is 5.56 Å². The Labute approximate surface area is 162 Å². The summed E-state index contributed by atoms with van der Waals surface area (Å²) in [6.07, 6.45) is 0. The molecule has 7 nitrogen and oxygen atoms in total. The lowest BCUT2D eigenvalue weighted by molar-refractivity contribution is -0.147. The Balaban J connectivity index is 1.56. The highest BCUT2D eigenvalue weighted by Crippen LogP contribution is 2.19. The van der Waals surface area contributed by atoms with Crippen LogP contribution in [0, 0.1) is 5.82 Å². The van der Waals surface area contributed by atoms with Crippen LogP contribution < -0.4 is 4.74 Å². The van der Waals surface area contributed by atoms with E-state index < -0.39 is 21.8 Å². The van der Waals surface area contributed by atoms with Gasteiger partial charge in [-0.1, -0.05) is 18.2 Å². The van der Waals surface area contributed by atoms with Gasteiger partial charge >= 0.3 is 5.97 Å². The molecule has 0 amide bonds. The minimum atomic E-state index is -3.62. The summed E-state index contributed by atoms with van der Waals surface area (Å²) in [5.41, 5.74) is 0.536. The average molecular weight is 409 g/mol. The minimum absolute atomic E-state index is 0.0994. The highest BCUT2D eigenvalue weighted by Gasteiger charge is 2.26. The van der Waals surface area contributed by atoms with E-state index in [9.17, 15) is 17.6 Å². The summed E-state index contributed by atoms with van der Waals surface area (Å²) in [6, 6.07) is 11.7. The first-order chi connectivity index (χ1) is 13.4. The van der Waals surface area contributed by atoms with Crippen LogP contribution in [-0.4, -0.2) is 51.6 Å². The molecule has 1 saturated heterocycles. The highest BCUT2D eigenvalue weighted by atomic mass is 32.2. The van der Waals surface area contributed by atoms with Crippen LogP contribution in [-0.2, 0) is 30.9 Å². The number of nitrogens with zero attached hydrogens (tertiary/aromatic N) is 1. The van der Waals surface area contributed by atoms with Gasteiger partial charge in [-0.15, -0.1) is 0 Å². The van der Waals surface area contributed by atoms with Crippen LogP contribution in [0.15, 0.2) is 53.4 Å². The molecule has 2 aromatic carbocycles. The maximum atomic E-state index is 13.1. The number of halogens is 1. The first-order valence-electron chi connectivity index (χ1n) is 8.66. The van der Waals surface area contributed by atoms with E-state index in [2.05, 4.69) is 0 Å². The molecule has 0 unspecified atom stereocenters. The zero-order chi connectivity index (χ0) is 20.0. The third-order valence-corrected chi connectivity index (χ3v) is 5.95. The monoisotopic (exact) mass is 409 g/mol. The lowest BCUT2D eigenvalue weighted by atomic mass is 10.2. The van der Waals surface area contributed by atoms with Crippen LogP contribution >= 0.6 is 0 Å². The summed E-state index contributed by atoms with van der Waals surface area (Å²) < 4.78 is 55.3. The predicted molar refractivity (Wildman–Crippen MR) is 97.7 cm³/mol. The van der Waals surface area contributed by atoms with Crippen molar-refractivity contribution in [2.24, 2.45) is 0 Å². The van der Waals surface area contributed by atoms with Crippen molar-refractivity contribution >= 4 is 16.0 Å². The number of hydrogen-bond donors (Lipinski definition) is 0. The van der Waals surface area contributed by atoms with Gasteiger partial charge < -0.3 is 14.2 Å². The van der Waals surface area contributed by atoms with Gasteiger partial charge in [-0.3, -0.25) is 0 Å². The van der Waals surface area contributed by atoms with Crippen molar-refractivity contribution in [1.82, 2.24) is 4.31 Å². The molecule has 0 radical (unpaired) electrons. The fourth-order valence-corrected chi connectivity index (χ4v) is 4.12. The number of benzene rings is 2. The number of ether oxygens (including phenoxy) is 3. The van der Waals surface area contributed by atoms with Gasteiger partial charge in [-0.05, 0) is 29.8 Å². The van der Waals surface area contributed by atoms with E-state index in [1.165, 1.54) is 34.6 Å². The summed E-state index contributed by atoms with van der Waals surface area (Å²) in [5, 5.41) is 0. The van der Waals surface area contributed by atoms with Crippen molar-refractivity contribution in [2.75, 3.05) is 32.9 Å². The molecule has 0 saturated carbocycles. The van der Waals surface area contributed by atoms with Gasteiger partial charge in [-0.2, -0.15) is 4.31 Å². The summed E-state index contributed by atoms with van der Waals surface area (Å²) in [4.78, 5) is 12.0. The van der Waals surface area contributed by atoms with Gasteiger partial charge in [0.1, 0.15) is 18.2 Å². The SMILES string of the molecule is O=C(COc1cccc(F)c1)OCc1cccc(S(=O)(=O)N2CCOCC2)c1. The molecule has 0 N–H and O–H groups in total. The van der Waals surface area contributed by atoms with Gasteiger partial charge in [0.2, 0.25) is 10.0 Å². The zero-order valence-corrected chi connectivity index (χ0v) is 15.9. The van der Waals surface area contributed by atoms with Gasteiger partial charge in [0.05, 0.1) is 18.1 Å². The van der Waals surface area contributed by atoms with Crippen LogP contribution in [0.2, 0.25) is 0 Å². The molecule has 28 heavy (non-hydrogen) atoms. The van der Waals surface area contributed by atoms with Gasteiger partial charge in [0.25, 0.3) is 0 Å². The van der Waals surface area contributed by atoms with Crippen molar-refractivity contribution in [1.29, 1.82) is 0 Å². The second kappa shape index (κ2) is 9.13. The maximum absolute atomic E-state index is 13.1. The molecule has 3 rings (SSSR count). The Morgan fingerprint density at radius 2 is 1.86 bits per heavy atom. The molecular weight excluding hydrogens is 389 g/mol. The number of hydrogen-bond acceptors (Lipinski definition) is 6. The zero-order valence-electron chi connectivity index (χ0n) is 15.0. The third kappa shape index (κ3) is 5.28. The second-order valence-electron chi connectivity index (χ2n) is 6.07. The fraction of sp³-hybridized carbons (Fsp3) is 0.316. The Bertz CT molecular complexity index is 928. The smallest absolute Gasteiger partial charge is 0.344 e. The minimum Gasteiger partial charge on any atom is -0.482 e. The van der Waals surface area contributed by atoms with E-state index >= 15 is 0 Å². The average Bonchev–Trinajstić information content (AvgIpc) is 2.71. The lowest BCUT2D eigenvalue weighted by Gasteiger charge is -2.26. The molecule has 0 aromatic heterocycles. The van der Waals surface area contributed by atoms with Crippen molar-refractivity contribution < 1.29 is 31.8 Å². The molecule has 1 heterocycles. The first kappa shape index (κ1) is 20.2. The Kier molecular flexibility index (Phi) is 6.61. The van der Waals surface area contributed by atoms with Gasteiger partial charge in [-0.25, -0.2) is 17.6 Å². The molecule has 150 valence electrons. The van der Waals surface area contributed by atoms with E-state index in [1.54, 1.807) is 12.1 Å². The largest absolute Gasteiger partial charge is 0.482 e. The summed E-state index contributed by atoms with van der Waals surface area (Å²) in [5.74, 6) is -0.898. The maximum Gasteiger partial charge on any atom is 0.344 e. The molecule has 1 aliphatic heterocycles. The van der Waals surface area contributed by atoms with Crippen LogP contribution in [0.4, 0.5) is 4.39 Å². The molecule has 0 spiro atoms. The summed E-state index contributed by atoms with van der Waals surface area (Å²) >= 11 is 0. The van der Waals surface area contributed by atoms with E-state index in [1.807, 2.05) is 0 Å². The first-order valence-corrected chi connectivity index (χ1v) is 10.1. The van der Waals surface area contributed by atoms with Crippen molar-refractivity contribution in [3.05, 3.63) is 59.9 Å². The van der Waals surface area contributed by atoms with E-state index in [0.717, 1.165) is 6.07 Å². The predicted octanol–water partition coefficient (Wildman–Crippen LogP) is 1.97. The number of esters is 1. The van der Waals surface area contributed by atoms with Gasteiger partial charge in [0, 0.05) is 19.2 Å². The summed E-state index contributed by atoms with van der Waals surface area (Å²) in [6.45, 7) is 0.856. The molecule has 0 bridgehead atoms. The highest BCUT2D eigenvalue weighted by molar-refractivity contribution is 7.89. The molecule has 1 aliphatic rings. The van der Waals surface area contributed by atoms with Gasteiger partial charge in [0.15, 0.2) is 6.61 Å². The molecular formula is C19H20FNO6S. The van der Waals surface area contributed by atoms with Crippen LogP contribution in [0.3, 0.4) is 0 Å². The van der Waals surface area contributed by atoms with Crippen LogP contribution in [0.5, 0.6) is 5.75 Å². The number of carbonyl (C=O) groups excluding carboxylic acids is 1. The topological polar surface area (TPSA) is 82.1 Å².